The second-order valence-electron chi connectivity index (χ2n) is 3.03. The number of amides is 2. The van der Waals surface area contributed by atoms with Crippen LogP contribution in [-0.4, -0.2) is 11.1 Å². The molecule has 0 radical (unpaired) electrons. The maximum absolute atomic E-state index is 12.8. The predicted molar refractivity (Wildman–Crippen MR) is 55.5 cm³/mol. The molecule has 1 aliphatic heterocycles. The number of thioether (sulfide) groups is 1. The zero-order chi connectivity index (χ0) is 11.7. The van der Waals surface area contributed by atoms with Crippen molar-refractivity contribution in [3.63, 3.8) is 0 Å². The van der Waals surface area contributed by atoms with Crippen LogP contribution < -0.4 is 5.32 Å². The van der Waals surface area contributed by atoms with Gasteiger partial charge in [-0.15, -0.1) is 0 Å². The van der Waals surface area contributed by atoms with Gasteiger partial charge in [0.2, 0.25) is 0 Å². The van der Waals surface area contributed by atoms with Crippen LogP contribution in [-0.2, 0) is 4.79 Å². The van der Waals surface area contributed by atoms with Crippen molar-refractivity contribution < 1.29 is 18.4 Å². The minimum atomic E-state index is -0.996. The first-order valence-corrected chi connectivity index (χ1v) is 5.08. The van der Waals surface area contributed by atoms with Crippen LogP contribution in [0.25, 0.3) is 6.08 Å². The van der Waals surface area contributed by atoms with Gasteiger partial charge in [-0.05, 0) is 35.5 Å². The van der Waals surface area contributed by atoms with Crippen LogP contribution in [0.3, 0.4) is 0 Å². The molecule has 0 saturated carbocycles. The molecule has 1 heterocycles. The Morgan fingerprint density at radius 3 is 2.50 bits per heavy atom. The van der Waals surface area contributed by atoms with Crippen molar-refractivity contribution in [1.29, 1.82) is 0 Å². The molecule has 0 aromatic heterocycles. The fraction of sp³-hybridized carbons (Fsp3) is 0. The van der Waals surface area contributed by atoms with Gasteiger partial charge in [0, 0.05) is 0 Å². The Labute approximate surface area is 93.5 Å². The van der Waals surface area contributed by atoms with Crippen LogP contribution in [0, 0.1) is 11.6 Å². The molecule has 0 bridgehead atoms. The number of nitrogens with one attached hydrogen (secondary N) is 1. The summed E-state index contributed by atoms with van der Waals surface area (Å²) in [5.41, 5.74) is 0.325. The smallest absolute Gasteiger partial charge is 0.282 e. The fourth-order valence-electron chi connectivity index (χ4n) is 1.17. The normalized spacial score (nSPS) is 18.0. The van der Waals surface area contributed by atoms with Crippen molar-refractivity contribution in [3.05, 3.63) is 40.3 Å². The van der Waals surface area contributed by atoms with Crippen LogP contribution in [0.5, 0.6) is 0 Å². The van der Waals surface area contributed by atoms with Gasteiger partial charge in [0.05, 0.1) is 4.91 Å². The lowest BCUT2D eigenvalue weighted by molar-refractivity contribution is -0.115. The molecule has 1 saturated heterocycles. The van der Waals surface area contributed by atoms with Gasteiger partial charge >= 0.3 is 0 Å². The van der Waals surface area contributed by atoms with Gasteiger partial charge < -0.3 is 0 Å². The lowest BCUT2D eigenvalue weighted by atomic mass is 10.2. The van der Waals surface area contributed by atoms with Crippen LogP contribution in [0.2, 0.25) is 0 Å². The number of benzene rings is 1. The lowest BCUT2D eigenvalue weighted by Gasteiger charge is -1.96. The first-order valence-electron chi connectivity index (χ1n) is 4.26. The molecule has 1 aromatic rings. The fourth-order valence-corrected chi connectivity index (χ4v) is 1.86. The Kier molecular flexibility index (Phi) is 2.74. The molecule has 0 unspecified atom stereocenters. The summed E-state index contributed by atoms with van der Waals surface area (Å²) in [5, 5.41) is 1.59. The molecule has 1 aliphatic rings. The van der Waals surface area contributed by atoms with E-state index in [-0.39, 0.29) is 4.91 Å². The standard InChI is InChI=1S/C10H5F2NO2S/c11-6-2-1-5(3-7(6)12)4-8-9(14)13-10(15)16-8/h1-4H,(H,13,14,15). The summed E-state index contributed by atoms with van der Waals surface area (Å²) < 4.78 is 25.5. The second kappa shape index (κ2) is 4.05. The zero-order valence-corrected chi connectivity index (χ0v) is 8.61. The SMILES string of the molecule is O=C1NC(=O)C(=Cc2ccc(F)c(F)c2)S1. The summed E-state index contributed by atoms with van der Waals surface area (Å²) in [7, 11) is 0. The maximum atomic E-state index is 12.8. The molecule has 82 valence electrons. The third kappa shape index (κ3) is 2.11. The van der Waals surface area contributed by atoms with E-state index in [9.17, 15) is 18.4 Å². The number of hydrogen-bond donors (Lipinski definition) is 1. The quantitative estimate of drug-likeness (QED) is 0.767. The monoisotopic (exact) mass is 241 g/mol. The van der Waals surface area contributed by atoms with E-state index in [2.05, 4.69) is 5.32 Å². The van der Waals surface area contributed by atoms with Crippen molar-refractivity contribution in [3.8, 4) is 0 Å². The minimum Gasteiger partial charge on any atom is -0.282 e. The van der Waals surface area contributed by atoms with Gasteiger partial charge in [-0.25, -0.2) is 8.78 Å². The van der Waals surface area contributed by atoms with Crippen molar-refractivity contribution in [2.75, 3.05) is 0 Å². The van der Waals surface area contributed by atoms with E-state index >= 15 is 0 Å². The molecule has 0 aliphatic carbocycles. The van der Waals surface area contributed by atoms with E-state index in [0.29, 0.717) is 5.56 Å². The second-order valence-corrected chi connectivity index (χ2v) is 4.04. The van der Waals surface area contributed by atoms with Crippen molar-refractivity contribution in [2.24, 2.45) is 0 Å². The maximum Gasteiger partial charge on any atom is 0.290 e. The highest BCUT2D eigenvalue weighted by atomic mass is 32.2. The van der Waals surface area contributed by atoms with E-state index in [0.717, 1.165) is 23.9 Å². The largest absolute Gasteiger partial charge is 0.290 e. The summed E-state index contributed by atoms with van der Waals surface area (Å²) in [6.45, 7) is 0. The average molecular weight is 241 g/mol. The number of halogens is 2. The van der Waals surface area contributed by atoms with Crippen LogP contribution >= 0.6 is 11.8 Å². The van der Waals surface area contributed by atoms with Crippen LogP contribution in [0.1, 0.15) is 5.56 Å². The number of carbonyl (C=O) groups is 2. The molecule has 0 atom stereocenters. The zero-order valence-electron chi connectivity index (χ0n) is 7.79. The Bertz CT molecular complexity index is 514. The Morgan fingerprint density at radius 1 is 1.19 bits per heavy atom. The Balaban J connectivity index is 2.32. The summed E-state index contributed by atoms with van der Waals surface area (Å²) in [6.07, 6.45) is 1.33. The molecule has 1 N–H and O–H groups in total. The molecular formula is C10H5F2NO2S. The van der Waals surface area contributed by atoms with Crippen LogP contribution in [0.15, 0.2) is 23.1 Å². The van der Waals surface area contributed by atoms with Crippen LogP contribution in [0.4, 0.5) is 13.6 Å². The van der Waals surface area contributed by atoms with Crippen molar-refractivity contribution >= 4 is 29.0 Å². The number of hydrogen-bond acceptors (Lipinski definition) is 3. The summed E-state index contributed by atoms with van der Waals surface area (Å²) >= 11 is 0.724. The molecular weight excluding hydrogens is 236 g/mol. The topological polar surface area (TPSA) is 46.2 Å². The van der Waals surface area contributed by atoms with Gasteiger partial charge in [0.15, 0.2) is 11.6 Å². The highest BCUT2D eigenvalue weighted by molar-refractivity contribution is 8.18. The molecule has 2 rings (SSSR count). The molecule has 1 aromatic carbocycles. The minimum absolute atomic E-state index is 0.163. The first-order chi connectivity index (χ1) is 7.56. The Hall–Kier alpha value is -1.69. The van der Waals surface area contributed by atoms with Gasteiger partial charge in [0.1, 0.15) is 0 Å². The van der Waals surface area contributed by atoms with E-state index in [1.165, 1.54) is 12.1 Å². The first kappa shape index (κ1) is 10.8. The summed E-state index contributed by atoms with van der Waals surface area (Å²) in [4.78, 5) is 22.1. The van der Waals surface area contributed by atoms with Gasteiger partial charge in [-0.1, -0.05) is 6.07 Å². The Morgan fingerprint density at radius 2 is 1.94 bits per heavy atom. The van der Waals surface area contributed by atoms with Gasteiger partial charge in [-0.2, -0.15) is 0 Å². The van der Waals surface area contributed by atoms with E-state index < -0.39 is 22.8 Å². The highest BCUT2D eigenvalue weighted by Crippen LogP contribution is 2.25. The molecule has 16 heavy (non-hydrogen) atoms. The van der Waals surface area contributed by atoms with Crippen molar-refractivity contribution in [2.45, 2.75) is 0 Å². The molecule has 6 heteroatoms. The van der Waals surface area contributed by atoms with E-state index in [1.54, 1.807) is 0 Å². The summed E-state index contributed by atoms with van der Waals surface area (Å²) in [6, 6.07) is 3.24. The van der Waals surface area contributed by atoms with Crippen molar-refractivity contribution in [1.82, 2.24) is 5.32 Å². The number of imide groups is 1. The lowest BCUT2D eigenvalue weighted by Crippen LogP contribution is -2.17. The van der Waals surface area contributed by atoms with E-state index in [1.807, 2.05) is 0 Å². The molecule has 3 nitrogen and oxygen atoms in total. The third-order valence-corrected chi connectivity index (χ3v) is 2.69. The number of rotatable bonds is 1. The predicted octanol–water partition coefficient (Wildman–Crippen LogP) is 2.29. The van der Waals surface area contributed by atoms with E-state index in [4.69, 9.17) is 0 Å². The average Bonchev–Trinajstić information content (AvgIpc) is 2.51. The third-order valence-electron chi connectivity index (χ3n) is 1.88. The number of carbonyl (C=O) groups excluding carboxylic acids is 2. The molecule has 1 fully saturated rings. The van der Waals surface area contributed by atoms with Gasteiger partial charge in [-0.3, -0.25) is 14.9 Å². The van der Waals surface area contributed by atoms with Gasteiger partial charge in [0.25, 0.3) is 11.1 Å². The highest BCUT2D eigenvalue weighted by Gasteiger charge is 2.24. The molecule has 0 spiro atoms. The molecule has 2 amide bonds. The summed E-state index contributed by atoms with van der Waals surface area (Å²) in [5.74, 6) is -2.48.